The number of halogens is 1. The average Bonchev–Trinajstić information content (AvgIpc) is 3.10. The Kier molecular flexibility index (Phi) is 5.23. The topological polar surface area (TPSA) is 98.0 Å². The first-order chi connectivity index (χ1) is 16.0. The van der Waals surface area contributed by atoms with Gasteiger partial charge in [0.25, 0.3) is 5.91 Å². The zero-order chi connectivity index (χ0) is 25.3. The summed E-state index contributed by atoms with van der Waals surface area (Å²) in [5, 5.41) is 18.4. The molecule has 8 heteroatoms. The maximum absolute atomic E-state index is 13.6. The fourth-order valence-electron chi connectivity index (χ4n) is 3.03. The number of aliphatic hydroxyl groups excluding tert-OH is 2. The number of benzene rings is 2. The largest absolute Gasteiger partial charge is 0.497 e. The van der Waals surface area contributed by atoms with E-state index in [-0.39, 0.29) is 11.4 Å². The fourth-order valence-corrected chi connectivity index (χ4v) is 3.12. The molecule has 0 fully saturated rings. The van der Waals surface area contributed by atoms with Gasteiger partial charge in [-0.1, -0.05) is 11.6 Å². The lowest BCUT2D eigenvalue weighted by Crippen LogP contribution is -2.22. The zero-order valence-corrected chi connectivity index (χ0v) is 17.0. The standard InChI is InChI=1S/C22H22ClNO6/c1-13-18(10-21(27)30-12-16(26)11-25)19-9-17(29-2)7-8-20(19)24(13)22(28)14-3-5-15(23)6-4-14/h3-9,16,25-26H,10-12H2,1-2H3/i3D,4D,5D,6D. The van der Waals surface area contributed by atoms with Crippen LogP contribution in [0.5, 0.6) is 5.75 Å². The van der Waals surface area contributed by atoms with Gasteiger partial charge >= 0.3 is 5.97 Å². The molecule has 0 aliphatic heterocycles. The van der Waals surface area contributed by atoms with Crippen molar-refractivity contribution in [3.8, 4) is 5.75 Å². The summed E-state index contributed by atoms with van der Waals surface area (Å²) in [6, 6.07) is 2.57. The zero-order valence-electron chi connectivity index (χ0n) is 20.3. The average molecular weight is 436 g/mol. The molecule has 0 aliphatic rings. The van der Waals surface area contributed by atoms with Gasteiger partial charge < -0.3 is 19.7 Å². The highest BCUT2D eigenvalue weighted by Gasteiger charge is 2.22. The Morgan fingerprint density at radius 2 is 1.97 bits per heavy atom. The first-order valence-electron chi connectivity index (χ1n) is 11.0. The van der Waals surface area contributed by atoms with Crippen molar-refractivity contribution in [2.45, 2.75) is 19.4 Å². The highest BCUT2D eigenvalue weighted by Crippen LogP contribution is 2.31. The molecule has 3 aromatic rings. The number of aromatic nitrogens is 1. The highest BCUT2D eigenvalue weighted by molar-refractivity contribution is 6.30. The number of hydrogen-bond acceptors (Lipinski definition) is 6. The molecule has 2 aromatic carbocycles. The molecule has 0 saturated heterocycles. The van der Waals surface area contributed by atoms with Gasteiger partial charge in [0.1, 0.15) is 18.5 Å². The van der Waals surface area contributed by atoms with Crippen LogP contribution in [0.25, 0.3) is 10.9 Å². The van der Waals surface area contributed by atoms with Crippen LogP contribution in [-0.4, -0.2) is 53.1 Å². The van der Waals surface area contributed by atoms with Crippen LogP contribution in [0.2, 0.25) is 5.02 Å². The Labute approximate surface area is 184 Å². The lowest BCUT2D eigenvalue weighted by Gasteiger charge is -2.09. The van der Waals surface area contributed by atoms with Gasteiger partial charge in [-0.2, -0.15) is 0 Å². The lowest BCUT2D eigenvalue weighted by atomic mass is 10.1. The van der Waals surface area contributed by atoms with Crippen LogP contribution in [0.1, 0.15) is 27.1 Å². The summed E-state index contributed by atoms with van der Waals surface area (Å²) in [7, 11) is 1.46. The van der Waals surface area contributed by atoms with Gasteiger partial charge in [-0.3, -0.25) is 14.2 Å². The number of esters is 1. The molecule has 0 bridgehead atoms. The Hall–Kier alpha value is -2.87. The van der Waals surface area contributed by atoms with E-state index < -0.39 is 60.9 Å². The molecule has 1 aromatic heterocycles. The molecule has 0 amide bonds. The molecule has 0 aliphatic carbocycles. The monoisotopic (exact) mass is 435 g/mol. The van der Waals surface area contributed by atoms with Gasteiger partial charge in [0.05, 0.1) is 31.1 Å². The molecule has 0 spiro atoms. The van der Waals surface area contributed by atoms with E-state index >= 15 is 0 Å². The van der Waals surface area contributed by atoms with Crippen LogP contribution in [0.15, 0.2) is 42.4 Å². The molecule has 0 saturated carbocycles. The van der Waals surface area contributed by atoms with Gasteiger partial charge in [0.2, 0.25) is 0 Å². The molecule has 1 atom stereocenters. The van der Waals surface area contributed by atoms with E-state index in [0.717, 1.165) is 0 Å². The van der Waals surface area contributed by atoms with E-state index in [0.29, 0.717) is 27.9 Å². The number of fused-ring (bicyclic) bond motifs is 1. The van der Waals surface area contributed by atoms with Gasteiger partial charge in [-0.15, -0.1) is 0 Å². The van der Waals surface area contributed by atoms with Crippen LogP contribution in [0.4, 0.5) is 0 Å². The molecule has 7 nitrogen and oxygen atoms in total. The van der Waals surface area contributed by atoms with E-state index in [1.165, 1.54) is 11.7 Å². The molecular formula is C22H22ClNO6. The van der Waals surface area contributed by atoms with Crippen molar-refractivity contribution in [3.63, 3.8) is 0 Å². The maximum Gasteiger partial charge on any atom is 0.310 e. The normalized spacial score (nSPS) is 13.9. The molecule has 30 heavy (non-hydrogen) atoms. The number of aliphatic hydroxyl groups is 2. The number of carbonyl (C=O) groups excluding carboxylic acids is 2. The Morgan fingerprint density at radius 3 is 2.60 bits per heavy atom. The molecule has 3 rings (SSSR count). The molecule has 2 N–H and O–H groups in total. The minimum atomic E-state index is -1.22. The third-order valence-corrected chi connectivity index (χ3v) is 4.71. The van der Waals surface area contributed by atoms with Gasteiger partial charge in [0, 0.05) is 21.7 Å². The second kappa shape index (κ2) is 9.30. The summed E-state index contributed by atoms with van der Waals surface area (Å²) in [6.45, 7) is 0.601. The molecule has 0 radical (unpaired) electrons. The van der Waals surface area contributed by atoms with E-state index in [2.05, 4.69) is 0 Å². The summed E-state index contributed by atoms with van der Waals surface area (Å²) in [5.74, 6) is -1.07. The van der Waals surface area contributed by atoms with Crippen LogP contribution in [-0.2, 0) is 16.0 Å². The third kappa shape index (κ3) is 4.48. The SMILES string of the molecule is [2H]c1c([2H])c(C(=O)n2c(C)c(CC(=O)OCC(O)CO)c3cc(OC)ccc32)c([2H])c([2H])c1Cl. The minimum absolute atomic E-state index is 0.274. The Bertz CT molecular complexity index is 1260. The van der Waals surface area contributed by atoms with Crippen LogP contribution in [0, 0.1) is 6.92 Å². The fraction of sp³-hybridized carbons (Fsp3) is 0.273. The van der Waals surface area contributed by atoms with Crippen molar-refractivity contribution in [3.05, 3.63) is 64.2 Å². The Morgan fingerprint density at radius 1 is 1.27 bits per heavy atom. The second-order valence-electron chi connectivity index (χ2n) is 6.47. The summed E-state index contributed by atoms with van der Waals surface area (Å²) < 4.78 is 43.7. The number of rotatable bonds is 7. The number of carbonyl (C=O) groups is 2. The smallest absolute Gasteiger partial charge is 0.310 e. The van der Waals surface area contributed by atoms with Crippen LogP contribution >= 0.6 is 11.6 Å². The van der Waals surface area contributed by atoms with E-state index in [1.807, 2.05) is 0 Å². The molecule has 1 unspecified atom stereocenters. The Balaban J connectivity index is 2.17. The van der Waals surface area contributed by atoms with Crippen molar-refractivity contribution in [2.75, 3.05) is 20.3 Å². The van der Waals surface area contributed by atoms with Gasteiger partial charge in [-0.25, -0.2) is 0 Å². The van der Waals surface area contributed by atoms with E-state index in [4.69, 9.17) is 31.7 Å². The van der Waals surface area contributed by atoms with Crippen molar-refractivity contribution in [1.82, 2.24) is 4.57 Å². The summed E-state index contributed by atoms with van der Waals surface area (Å²) >= 11 is 5.86. The molecule has 1 heterocycles. The predicted molar refractivity (Wildman–Crippen MR) is 112 cm³/mol. The lowest BCUT2D eigenvalue weighted by molar-refractivity contribution is -0.146. The number of methoxy groups -OCH3 is 1. The summed E-state index contributed by atoms with van der Waals surface area (Å²) in [4.78, 5) is 26.0. The van der Waals surface area contributed by atoms with Crippen LogP contribution < -0.4 is 4.74 Å². The molecule has 158 valence electrons. The van der Waals surface area contributed by atoms with Crippen molar-refractivity contribution in [1.29, 1.82) is 0 Å². The van der Waals surface area contributed by atoms with Crippen molar-refractivity contribution < 1.29 is 34.8 Å². The van der Waals surface area contributed by atoms with E-state index in [9.17, 15) is 14.7 Å². The summed E-state index contributed by atoms with van der Waals surface area (Å²) in [5.41, 5.74) is 0.624. The summed E-state index contributed by atoms with van der Waals surface area (Å²) in [6.07, 6.45) is -1.49. The van der Waals surface area contributed by atoms with Crippen LogP contribution in [0.3, 0.4) is 0 Å². The van der Waals surface area contributed by atoms with Crippen molar-refractivity contribution >= 4 is 34.4 Å². The highest BCUT2D eigenvalue weighted by atomic mass is 35.5. The third-order valence-electron chi connectivity index (χ3n) is 4.52. The minimum Gasteiger partial charge on any atom is -0.497 e. The molecular weight excluding hydrogens is 410 g/mol. The predicted octanol–water partition coefficient (Wildman–Crippen LogP) is 2.74. The number of hydrogen-bond donors (Lipinski definition) is 2. The first kappa shape index (κ1) is 16.9. The quantitative estimate of drug-likeness (QED) is 0.554. The van der Waals surface area contributed by atoms with E-state index in [1.54, 1.807) is 25.1 Å². The maximum atomic E-state index is 13.6. The second-order valence-corrected chi connectivity index (χ2v) is 6.85. The van der Waals surface area contributed by atoms with Gasteiger partial charge in [-0.05, 0) is 54.9 Å². The number of nitrogens with zero attached hydrogens (tertiary/aromatic N) is 1. The number of ether oxygens (including phenoxy) is 2. The van der Waals surface area contributed by atoms with Gasteiger partial charge in [0.15, 0.2) is 0 Å². The first-order valence-corrected chi connectivity index (χ1v) is 9.34. The van der Waals surface area contributed by atoms with Crippen molar-refractivity contribution in [2.24, 2.45) is 0 Å².